The summed E-state index contributed by atoms with van der Waals surface area (Å²) in [5, 5.41) is 9.49. The van der Waals surface area contributed by atoms with E-state index in [2.05, 4.69) is 72.8 Å². The molecule has 0 N–H and O–H groups in total. The van der Waals surface area contributed by atoms with Crippen molar-refractivity contribution in [2.24, 2.45) is 0 Å². The second-order valence-electron chi connectivity index (χ2n) is 13.1. The summed E-state index contributed by atoms with van der Waals surface area (Å²) in [4.78, 5) is 14.2. The molecule has 3 aliphatic rings. The van der Waals surface area contributed by atoms with E-state index in [9.17, 15) is 9.90 Å². The van der Waals surface area contributed by atoms with Gasteiger partial charge in [-0.15, -0.1) is 0 Å². The second kappa shape index (κ2) is 16.5. The minimum atomic E-state index is -0.961. The zero-order chi connectivity index (χ0) is 29.9. The van der Waals surface area contributed by atoms with Crippen LogP contribution < -0.4 is 5.11 Å². The lowest BCUT2D eigenvalue weighted by Gasteiger charge is -2.31. The first kappa shape index (κ1) is 31.9. The van der Waals surface area contributed by atoms with E-state index in [4.69, 9.17) is 0 Å². The van der Waals surface area contributed by atoms with Crippen LogP contribution in [0, 0.1) is 0 Å². The molecule has 0 heterocycles. The molecule has 0 spiro atoms. The van der Waals surface area contributed by atoms with Gasteiger partial charge in [0.2, 0.25) is 0 Å². The molecule has 0 radical (unpaired) electrons. The molecule has 0 bridgehead atoms. The third-order valence-corrected chi connectivity index (χ3v) is 12.3. The quantitative estimate of drug-likeness (QED) is 0.243. The van der Waals surface area contributed by atoms with Gasteiger partial charge in [0.05, 0.1) is 10.9 Å². The van der Waals surface area contributed by atoms with Crippen LogP contribution >= 0.6 is 0 Å². The highest BCUT2D eigenvalue weighted by molar-refractivity contribution is 7.97. The lowest BCUT2D eigenvalue weighted by molar-refractivity contribution is -0.305. The normalized spacial score (nSPS) is 18.7. The van der Waals surface area contributed by atoms with E-state index in [1.807, 2.05) is 0 Å². The van der Waals surface area contributed by atoms with Crippen LogP contribution in [0.3, 0.4) is 0 Å². The number of carboxylic acids is 1. The van der Waals surface area contributed by atoms with Gasteiger partial charge in [0.15, 0.2) is 14.7 Å². The molecule has 0 saturated heterocycles. The Kier molecular flexibility index (Phi) is 12.3. The molecule has 6 rings (SSSR count). The van der Waals surface area contributed by atoms with Crippen LogP contribution in [0.25, 0.3) is 0 Å². The predicted molar refractivity (Wildman–Crippen MR) is 179 cm³/mol. The maximum Gasteiger partial charge on any atom is 0.173 e. The van der Waals surface area contributed by atoms with Crippen molar-refractivity contribution in [2.45, 2.75) is 149 Å². The van der Waals surface area contributed by atoms with Crippen molar-refractivity contribution in [3.8, 4) is 0 Å². The molecule has 3 fully saturated rings. The molecule has 0 aromatic heterocycles. The van der Waals surface area contributed by atoms with Crippen molar-refractivity contribution in [2.75, 3.05) is 0 Å². The lowest BCUT2D eigenvalue weighted by atomic mass is 9.76. The highest BCUT2D eigenvalue weighted by Gasteiger charge is 2.39. The van der Waals surface area contributed by atoms with Gasteiger partial charge in [-0.05, 0) is 92.5 Å². The van der Waals surface area contributed by atoms with Crippen LogP contribution in [0.2, 0.25) is 0 Å². The summed E-state index contributed by atoms with van der Waals surface area (Å²) in [5.41, 5.74) is 5.20. The Morgan fingerprint density at radius 3 is 1.37 bits per heavy atom. The molecular formula is C40H52O2S. The van der Waals surface area contributed by atoms with E-state index in [0.29, 0.717) is 6.42 Å². The Morgan fingerprint density at radius 1 is 0.628 bits per heavy atom. The van der Waals surface area contributed by atoms with Gasteiger partial charge in [0.1, 0.15) is 0 Å². The van der Waals surface area contributed by atoms with Crippen molar-refractivity contribution >= 4 is 16.9 Å². The molecule has 2 nitrogen and oxygen atoms in total. The smallest absolute Gasteiger partial charge is 0.173 e. The van der Waals surface area contributed by atoms with E-state index in [-0.39, 0.29) is 17.3 Å². The Hall–Kier alpha value is -2.52. The number of carbonyl (C=O) groups excluding carboxylic acids is 1. The Morgan fingerprint density at radius 2 is 1.02 bits per heavy atom. The minimum absolute atomic E-state index is 0.0543. The van der Waals surface area contributed by atoms with Crippen molar-refractivity contribution < 1.29 is 9.90 Å². The molecule has 3 aromatic rings. The summed E-state index contributed by atoms with van der Waals surface area (Å²) < 4.78 is 0. The number of rotatable bonds is 8. The van der Waals surface area contributed by atoms with Crippen LogP contribution in [-0.4, -0.2) is 5.97 Å². The number of hydrogen-bond acceptors (Lipinski definition) is 2. The average Bonchev–Trinajstić information content (AvgIpc) is 3.07. The summed E-state index contributed by atoms with van der Waals surface area (Å²) in [6.45, 7) is 1.80. The molecule has 0 amide bonds. The first-order chi connectivity index (χ1) is 21.2. The molecule has 43 heavy (non-hydrogen) atoms. The summed E-state index contributed by atoms with van der Waals surface area (Å²) in [7, 11) is -0.0543. The maximum absolute atomic E-state index is 9.49. The van der Waals surface area contributed by atoms with Crippen molar-refractivity contribution in [3.05, 3.63) is 89.5 Å². The first-order valence-corrected chi connectivity index (χ1v) is 18.6. The van der Waals surface area contributed by atoms with Gasteiger partial charge in [0, 0.05) is 17.1 Å². The lowest BCUT2D eigenvalue weighted by Crippen LogP contribution is -2.20. The number of aliphatic carboxylic acids is 1. The monoisotopic (exact) mass is 596 g/mol. The molecule has 0 aliphatic heterocycles. The Bertz CT molecular complexity index is 1170. The highest BCUT2D eigenvalue weighted by atomic mass is 32.2. The van der Waals surface area contributed by atoms with Gasteiger partial charge < -0.3 is 9.90 Å². The number of carboxylic acid groups (broad SMARTS) is 1. The zero-order valence-electron chi connectivity index (χ0n) is 26.4. The standard InChI is InChI=1S/C36H45S.C4H8O2/c1-6-16-28(17-7-1)31-26-34(29-18-8-2-9-19-29)36(35(27-31)30-20-10-3-11-21-30)37(32-22-12-4-13-23-32)33-24-14-5-15-25-33;1-2-3-4(5)6/h4-5,12-15,22-30H,1-3,6-11,16-21H2;2-3H2,1H3,(H,5,6)/q+1;/p-1. The van der Waals surface area contributed by atoms with Crippen LogP contribution in [0.4, 0.5) is 0 Å². The molecule has 230 valence electrons. The molecule has 3 saturated carbocycles. The van der Waals surface area contributed by atoms with Crippen LogP contribution in [0.1, 0.15) is 151 Å². The summed E-state index contributed by atoms with van der Waals surface area (Å²) in [6.07, 6.45) is 21.9. The van der Waals surface area contributed by atoms with Crippen LogP contribution in [0.5, 0.6) is 0 Å². The van der Waals surface area contributed by atoms with Gasteiger partial charge in [-0.1, -0.05) is 120 Å². The number of benzene rings is 3. The molecule has 0 unspecified atom stereocenters. The predicted octanol–water partition coefficient (Wildman–Crippen LogP) is 10.5. The van der Waals surface area contributed by atoms with Crippen molar-refractivity contribution in [3.63, 3.8) is 0 Å². The Labute approximate surface area is 264 Å². The minimum Gasteiger partial charge on any atom is -0.550 e. The summed E-state index contributed by atoms with van der Waals surface area (Å²) in [6, 6.07) is 28.6. The van der Waals surface area contributed by atoms with Gasteiger partial charge in [-0.2, -0.15) is 0 Å². The molecule has 3 aromatic carbocycles. The van der Waals surface area contributed by atoms with Crippen LogP contribution in [-0.2, 0) is 15.7 Å². The van der Waals surface area contributed by atoms with Gasteiger partial charge >= 0.3 is 0 Å². The van der Waals surface area contributed by atoms with E-state index in [1.165, 1.54) is 106 Å². The third kappa shape index (κ3) is 8.56. The molecule has 3 heteroatoms. The second-order valence-corrected chi connectivity index (χ2v) is 15.1. The van der Waals surface area contributed by atoms with Gasteiger partial charge in [0.25, 0.3) is 0 Å². The van der Waals surface area contributed by atoms with Crippen LogP contribution in [0.15, 0.2) is 87.5 Å². The largest absolute Gasteiger partial charge is 0.550 e. The SMILES string of the molecule is CCCC(=O)[O-].c1ccc([S+](c2ccccc2)c2c(C3CCCCC3)cc(C3CCCCC3)cc2C2CCCCC2)cc1. The van der Waals surface area contributed by atoms with Gasteiger partial charge in [-0.25, -0.2) is 0 Å². The average molecular weight is 597 g/mol. The fraction of sp³-hybridized carbons (Fsp3) is 0.525. The highest BCUT2D eigenvalue weighted by Crippen LogP contribution is 2.48. The third-order valence-electron chi connectivity index (χ3n) is 9.95. The molecular weight excluding hydrogens is 545 g/mol. The molecule has 0 atom stereocenters. The van der Waals surface area contributed by atoms with Gasteiger partial charge in [-0.3, -0.25) is 0 Å². The molecule has 3 aliphatic carbocycles. The number of carbonyl (C=O) groups is 1. The van der Waals surface area contributed by atoms with Crippen molar-refractivity contribution in [1.82, 2.24) is 0 Å². The van der Waals surface area contributed by atoms with E-state index in [0.717, 1.165) is 17.8 Å². The van der Waals surface area contributed by atoms with E-state index in [1.54, 1.807) is 28.5 Å². The summed E-state index contributed by atoms with van der Waals surface area (Å²) in [5.74, 6) is 1.29. The maximum atomic E-state index is 9.49. The number of hydrogen-bond donors (Lipinski definition) is 0. The zero-order valence-corrected chi connectivity index (χ0v) is 27.2. The fourth-order valence-corrected chi connectivity index (χ4v) is 10.3. The first-order valence-electron chi connectivity index (χ1n) is 17.4. The topological polar surface area (TPSA) is 40.1 Å². The fourth-order valence-electron chi connectivity index (χ4n) is 7.73. The summed E-state index contributed by atoms with van der Waals surface area (Å²) >= 11 is 0. The van der Waals surface area contributed by atoms with Crippen molar-refractivity contribution in [1.29, 1.82) is 0 Å². The van der Waals surface area contributed by atoms with E-state index < -0.39 is 5.97 Å². The van der Waals surface area contributed by atoms with E-state index >= 15 is 0 Å². The Balaban J connectivity index is 0.000000559.